The average molecular weight is 363 g/mol. The molecule has 0 bridgehead atoms. The van der Waals surface area contributed by atoms with Crippen LogP contribution in [0.1, 0.15) is 28.4 Å². The normalized spacial score (nSPS) is 16.1. The molecule has 3 aromatic rings. The SMILES string of the molecule is Cc1ccc(NC(=O)N2CCn3cccc3C2c2cccc(F)c2)c(C)c1. The number of amides is 2. The predicted octanol–water partition coefficient (Wildman–Crippen LogP) is 4.88. The quantitative estimate of drug-likeness (QED) is 0.692. The lowest BCUT2D eigenvalue weighted by molar-refractivity contribution is 0.181. The standard InChI is InChI=1S/C22H22FN3O/c1-15-8-9-19(16(2)13-15)24-22(27)26-12-11-25-10-4-7-20(25)21(26)17-5-3-6-18(23)14-17/h3-10,13-14,21H,11-12H2,1-2H3,(H,24,27). The third-order valence-electron chi connectivity index (χ3n) is 5.09. The van der Waals surface area contributed by atoms with Gasteiger partial charge in [-0.15, -0.1) is 0 Å². The molecule has 2 aromatic carbocycles. The minimum absolute atomic E-state index is 0.177. The summed E-state index contributed by atoms with van der Waals surface area (Å²) in [6, 6.07) is 15.9. The predicted molar refractivity (Wildman–Crippen MR) is 104 cm³/mol. The Morgan fingerprint density at radius 1 is 1.07 bits per heavy atom. The molecule has 2 amide bonds. The van der Waals surface area contributed by atoms with Gasteiger partial charge in [0.1, 0.15) is 5.82 Å². The van der Waals surface area contributed by atoms with Crippen molar-refractivity contribution in [2.45, 2.75) is 26.4 Å². The number of fused-ring (bicyclic) bond motifs is 1. The van der Waals surface area contributed by atoms with E-state index in [1.165, 1.54) is 12.1 Å². The second-order valence-electron chi connectivity index (χ2n) is 7.03. The van der Waals surface area contributed by atoms with Gasteiger partial charge < -0.3 is 14.8 Å². The highest BCUT2D eigenvalue weighted by atomic mass is 19.1. The number of benzene rings is 2. The Bertz CT molecular complexity index is 995. The molecule has 4 nitrogen and oxygen atoms in total. The highest BCUT2D eigenvalue weighted by Crippen LogP contribution is 2.33. The van der Waals surface area contributed by atoms with E-state index in [0.717, 1.165) is 28.1 Å². The van der Waals surface area contributed by atoms with E-state index >= 15 is 0 Å². The third kappa shape index (κ3) is 3.33. The van der Waals surface area contributed by atoms with Crippen molar-refractivity contribution in [2.75, 3.05) is 11.9 Å². The van der Waals surface area contributed by atoms with Gasteiger partial charge in [-0.3, -0.25) is 0 Å². The smallest absolute Gasteiger partial charge is 0.322 e. The largest absolute Gasteiger partial charge is 0.348 e. The summed E-state index contributed by atoms with van der Waals surface area (Å²) in [4.78, 5) is 14.9. The van der Waals surface area contributed by atoms with E-state index in [-0.39, 0.29) is 17.9 Å². The van der Waals surface area contributed by atoms with Gasteiger partial charge in [0.15, 0.2) is 0 Å². The second-order valence-corrected chi connectivity index (χ2v) is 7.03. The monoisotopic (exact) mass is 363 g/mol. The van der Waals surface area contributed by atoms with Gasteiger partial charge in [-0.05, 0) is 55.3 Å². The molecule has 4 rings (SSSR count). The molecule has 0 aliphatic carbocycles. The van der Waals surface area contributed by atoms with E-state index in [2.05, 4.69) is 9.88 Å². The van der Waals surface area contributed by atoms with Crippen molar-refractivity contribution >= 4 is 11.7 Å². The first-order valence-corrected chi connectivity index (χ1v) is 9.08. The van der Waals surface area contributed by atoms with Crippen LogP contribution in [0.3, 0.4) is 0 Å². The molecule has 0 radical (unpaired) electrons. The van der Waals surface area contributed by atoms with Crippen LogP contribution in [0.15, 0.2) is 60.8 Å². The van der Waals surface area contributed by atoms with Crippen molar-refractivity contribution in [1.82, 2.24) is 9.47 Å². The fourth-order valence-electron chi connectivity index (χ4n) is 3.77. The summed E-state index contributed by atoms with van der Waals surface area (Å²) >= 11 is 0. The second kappa shape index (κ2) is 6.91. The number of nitrogens with zero attached hydrogens (tertiary/aromatic N) is 2. The fraction of sp³-hybridized carbons (Fsp3) is 0.227. The van der Waals surface area contributed by atoms with Crippen molar-refractivity contribution in [3.8, 4) is 0 Å². The zero-order valence-corrected chi connectivity index (χ0v) is 15.4. The van der Waals surface area contributed by atoms with E-state index in [4.69, 9.17) is 0 Å². The molecular formula is C22H22FN3O. The van der Waals surface area contributed by atoms with Gasteiger partial charge in [-0.25, -0.2) is 9.18 Å². The molecule has 0 fully saturated rings. The van der Waals surface area contributed by atoms with Crippen molar-refractivity contribution < 1.29 is 9.18 Å². The topological polar surface area (TPSA) is 37.3 Å². The Labute approximate surface area is 158 Å². The number of aryl methyl sites for hydroxylation is 2. The molecule has 1 atom stereocenters. The van der Waals surface area contributed by atoms with Crippen LogP contribution in [0.2, 0.25) is 0 Å². The summed E-state index contributed by atoms with van der Waals surface area (Å²) in [6.07, 6.45) is 2.00. The lowest BCUT2D eigenvalue weighted by Gasteiger charge is -2.37. The van der Waals surface area contributed by atoms with Crippen LogP contribution in [-0.2, 0) is 6.54 Å². The first-order valence-electron chi connectivity index (χ1n) is 9.08. The molecule has 1 aliphatic heterocycles. The highest BCUT2D eigenvalue weighted by Gasteiger charge is 2.32. The Kier molecular flexibility index (Phi) is 4.44. The van der Waals surface area contributed by atoms with Crippen LogP contribution in [-0.4, -0.2) is 22.0 Å². The van der Waals surface area contributed by atoms with E-state index in [0.29, 0.717) is 13.1 Å². The number of hydrogen-bond acceptors (Lipinski definition) is 1. The number of nitrogens with one attached hydrogen (secondary N) is 1. The maximum atomic E-state index is 13.9. The summed E-state index contributed by atoms with van der Waals surface area (Å²) in [7, 11) is 0. The molecule has 0 saturated heterocycles. The Balaban J connectivity index is 1.68. The van der Waals surface area contributed by atoms with Crippen molar-refractivity contribution in [2.24, 2.45) is 0 Å². The molecule has 1 N–H and O–H groups in total. The van der Waals surface area contributed by atoms with E-state index in [9.17, 15) is 9.18 Å². The maximum absolute atomic E-state index is 13.9. The number of carbonyl (C=O) groups is 1. The lowest BCUT2D eigenvalue weighted by Crippen LogP contribution is -2.44. The number of carbonyl (C=O) groups excluding carboxylic acids is 1. The maximum Gasteiger partial charge on any atom is 0.322 e. The van der Waals surface area contributed by atoms with E-state index in [1.54, 1.807) is 11.0 Å². The van der Waals surface area contributed by atoms with Gasteiger partial charge in [0, 0.05) is 30.7 Å². The summed E-state index contributed by atoms with van der Waals surface area (Å²) in [5.74, 6) is -0.300. The van der Waals surface area contributed by atoms with Crippen molar-refractivity contribution in [3.63, 3.8) is 0 Å². The van der Waals surface area contributed by atoms with Crippen LogP contribution >= 0.6 is 0 Å². The van der Waals surface area contributed by atoms with Crippen molar-refractivity contribution in [3.05, 3.63) is 89.0 Å². The fourth-order valence-corrected chi connectivity index (χ4v) is 3.77. The molecule has 1 aromatic heterocycles. The van der Waals surface area contributed by atoms with Crippen LogP contribution in [0.5, 0.6) is 0 Å². The zero-order valence-electron chi connectivity index (χ0n) is 15.4. The van der Waals surface area contributed by atoms with E-state index < -0.39 is 0 Å². The molecule has 138 valence electrons. The molecular weight excluding hydrogens is 341 g/mol. The Morgan fingerprint density at radius 2 is 1.93 bits per heavy atom. The van der Waals surface area contributed by atoms with Gasteiger partial charge in [-0.1, -0.05) is 29.8 Å². The van der Waals surface area contributed by atoms with Crippen LogP contribution in [0.4, 0.5) is 14.9 Å². The number of hydrogen-bond donors (Lipinski definition) is 1. The van der Waals surface area contributed by atoms with Gasteiger partial charge in [-0.2, -0.15) is 0 Å². The Hall–Kier alpha value is -3.08. The average Bonchev–Trinajstić information content (AvgIpc) is 3.12. The molecule has 2 heterocycles. The minimum atomic E-state index is -0.324. The molecule has 27 heavy (non-hydrogen) atoms. The first-order chi connectivity index (χ1) is 13.0. The molecule has 0 saturated carbocycles. The number of urea groups is 1. The van der Waals surface area contributed by atoms with Gasteiger partial charge >= 0.3 is 6.03 Å². The number of rotatable bonds is 2. The van der Waals surface area contributed by atoms with Gasteiger partial charge in [0.05, 0.1) is 6.04 Å². The third-order valence-corrected chi connectivity index (χ3v) is 5.09. The van der Waals surface area contributed by atoms with Crippen molar-refractivity contribution in [1.29, 1.82) is 0 Å². The molecule has 5 heteroatoms. The summed E-state index contributed by atoms with van der Waals surface area (Å²) in [5, 5.41) is 3.03. The van der Waals surface area contributed by atoms with Crippen LogP contribution in [0, 0.1) is 19.7 Å². The summed E-state index contributed by atoms with van der Waals surface area (Å²) < 4.78 is 16.0. The van der Waals surface area contributed by atoms with Gasteiger partial charge in [0.2, 0.25) is 0 Å². The molecule has 1 unspecified atom stereocenters. The molecule has 0 spiro atoms. The minimum Gasteiger partial charge on any atom is -0.348 e. The van der Waals surface area contributed by atoms with Crippen LogP contribution < -0.4 is 5.32 Å². The number of aromatic nitrogens is 1. The van der Waals surface area contributed by atoms with E-state index in [1.807, 2.05) is 56.4 Å². The Morgan fingerprint density at radius 3 is 2.70 bits per heavy atom. The lowest BCUT2D eigenvalue weighted by atomic mass is 10.00. The highest BCUT2D eigenvalue weighted by molar-refractivity contribution is 5.90. The first kappa shape index (κ1) is 17.3. The number of halogens is 1. The van der Waals surface area contributed by atoms with Crippen LogP contribution in [0.25, 0.3) is 0 Å². The zero-order chi connectivity index (χ0) is 19.0. The summed E-state index contributed by atoms with van der Waals surface area (Å²) in [6.45, 7) is 5.28. The molecule has 1 aliphatic rings. The van der Waals surface area contributed by atoms with Gasteiger partial charge in [0.25, 0.3) is 0 Å². The summed E-state index contributed by atoms with van der Waals surface area (Å²) in [5.41, 5.74) is 4.72. The number of anilines is 1.